The van der Waals surface area contributed by atoms with Gasteiger partial charge in [0, 0.05) is 29.9 Å². The van der Waals surface area contributed by atoms with Crippen molar-refractivity contribution in [3.8, 4) is 16.9 Å². The molecule has 1 aliphatic carbocycles. The van der Waals surface area contributed by atoms with E-state index in [0.29, 0.717) is 24.2 Å². The molecule has 0 fully saturated rings. The molecule has 3 rings (SSSR count). The summed E-state index contributed by atoms with van der Waals surface area (Å²) >= 11 is 0. The van der Waals surface area contributed by atoms with E-state index in [9.17, 15) is 9.59 Å². The van der Waals surface area contributed by atoms with Gasteiger partial charge in [-0.3, -0.25) is 4.79 Å². The Hall–Kier alpha value is -3.34. The van der Waals surface area contributed by atoms with Gasteiger partial charge in [-0.15, -0.1) is 13.2 Å². The van der Waals surface area contributed by atoms with Crippen molar-refractivity contribution < 1.29 is 19.4 Å². The van der Waals surface area contributed by atoms with Crippen molar-refractivity contribution >= 4 is 17.6 Å². The second-order valence-electron chi connectivity index (χ2n) is 5.62. The normalized spacial score (nSPS) is 11.4. The number of benzene rings is 2. The van der Waals surface area contributed by atoms with E-state index in [1.165, 1.54) is 6.07 Å². The van der Waals surface area contributed by atoms with E-state index in [2.05, 4.69) is 22.8 Å². The molecule has 1 aliphatic rings. The molecule has 0 spiro atoms. The summed E-state index contributed by atoms with van der Waals surface area (Å²) in [6.45, 7) is 8.80. The predicted molar refractivity (Wildman–Crippen MR) is 96.6 cm³/mol. The standard InChI is InChI=1S/C20H17NO4/c1-3-9-21(10-4-2)13-5-7-15-16-8-6-14(25-20(23)24)12-18(16)19(22)17(15)11-13/h3-8,11-12H,1-2,9-10H2,(H,23,24). The molecular formula is C20H17NO4. The van der Waals surface area contributed by atoms with Gasteiger partial charge in [0.25, 0.3) is 0 Å². The van der Waals surface area contributed by atoms with E-state index < -0.39 is 6.16 Å². The highest BCUT2D eigenvalue weighted by Gasteiger charge is 2.28. The van der Waals surface area contributed by atoms with Crippen molar-refractivity contribution in [1.82, 2.24) is 0 Å². The monoisotopic (exact) mass is 335 g/mol. The summed E-state index contributed by atoms with van der Waals surface area (Å²) in [5.41, 5.74) is 3.57. The van der Waals surface area contributed by atoms with Gasteiger partial charge in [-0.25, -0.2) is 4.79 Å². The number of carbonyl (C=O) groups excluding carboxylic acids is 1. The molecule has 0 radical (unpaired) electrons. The smallest absolute Gasteiger partial charge is 0.449 e. The molecule has 0 amide bonds. The minimum atomic E-state index is -1.41. The summed E-state index contributed by atoms with van der Waals surface area (Å²) in [7, 11) is 0. The van der Waals surface area contributed by atoms with E-state index >= 15 is 0 Å². The number of ketones is 1. The lowest BCUT2D eigenvalue weighted by molar-refractivity contribution is 0.104. The van der Waals surface area contributed by atoms with Crippen LogP contribution in [0.4, 0.5) is 10.5 Å². The van der Waals surface area contributed by atoms with E-state index in [4.69, 9.17) is 5.11 Å². The quantitative estimate of drug-likeness (QED) is 0.417. The zero-order valence-corrected chi connectivity index (χ0v) is 13.6. The Morgan fingerprint density at radius 1 is 1.00 bits per heavy atom. The van der Waals surface area contributed by atoms with Gasteiger partial charge in [0.2, 0.25) is 0 Å². The highest BCUT2D eigenvalue weighted by Crippen LogP contribution is 2.40. The zero-order chi connectivity index (χ0) is 18.0. The summed E-state index contributed by atoms with van der Waals surface area (Å²) in [6.07, 6.45) is 2.18. The summed E-state index contributed by atoms with van der Waals surface area (Å²) in [4.78, 5) is 25.5. The molecule has 0 aromatic heterocycles. The van der Waals surface area contributed by atoms with Crippen molar-refractivity contribution in [2.75, 3.05) is 18.0 Å². The molecule has 0 saturated heterocycles. The van der Waals surface area contributed by atoms with Crippen molar-refractivity contribution in [3.05, 3.63) is 72.8 Å². The summed E-state index contributed by atoms with van der Waals surface area (Å²) < 4.78 is 4.65. The first kappa shape index (κ1) is 16.5. The SMILES string of the molecule is C=CCN(CC=C)c1ccc2c(c1)C(=O)c1cc(OC(=O)O)ccc1-2. The van der Waals surface area contributed by atoms with E-state index in [0.717, 1.165) is 16.8 Å². The lowest BCUT2D eigenvalue weighted by Gasteiger charge is -2.22. The molecule has 0 heterocycles. The number of fused-ring (bicyclic) bond motifs is 3. The fraction of sp³-hybridized carbons (Fsp3) is 0.100. The highest BCUT2D eigenvalue weighted by molar-refractivity contribution is 6.22. The molecule has 5 heteroatoms. The Morgan fingerprint density at radius 2 is 1.60 bits per heavy atom. The van der Waals surface area contributed by atoms with Crippen LogP contribution in [0.25, 0.3) is 11.1 Å². The van der Waals surface area contributed by atoms with Crippen molar-refractivity contribution in [2.45, 2.75) is 0 Å². The molecule has 5 nitrogen and oxygen atoms in total. The van der Waals surface area contributed by atoms with Crippen LogP contribution in [-0.2, 0) is 0 Å². The summed E-state index contributed by atoms with van der Waals surface area (Å²) in [6, 6.07) is 10.4. The fourth-order valence-corrected chi connectivity index (χ4v) is 3.00. The van der Waals surface area contributed by atoms with Crippen LogP contribution in [0.5, 0.6) is 5.75 Å². The second-order valence-corrected chi connectivity index (χ2v) is 5.62. The Kier molecular flexibility index (Phi) is 4.39. The van der Waals surface area contributed by atoms with Gasteiger partial charge < -0.3 is 14.7 Å². The number of ether oxygens (including phenoxy) is 1. The van der Waals surface area contributed by atoms with Crippen LogP contribution < -0.4 is 9.64 Å². The van der Waals surface area contributed by atoms with Gasteiger partial charge in [0.15, 0.2) is 5.78 Å². The Morgan fingerprint density at radius 3 is 2.20 bits per heavy atom. The van der Waals surface area contributed by atoms with E-state index in [1.54, 1.807) is 24.3 Å². The number of hydrogen-bond donors (Lipinski definition) is 1. The summed E-state index contributed by atoms with van der Waals surface area (Å²) in [5.74, 6) is -0.00702. The number of carbonyl (C=O) groups is 2. The molecule has 25 heavy (non-hydrogen) atoms. The van der Waals surface area contributed by atoms with Crippen molar-refractivity contribution in [3.63, 3.8) is 0 Å². The van der Waals surface area contributed by atoms with E-state index in [1.807, 2.05) is 18.2 Å². The van der Waals surface area contributed by atoms with Gasteiger partial charge in [-0.05, 0) is 41.5 Å². The largest absolute Gasteiger partial charge is 0.511 e. The molecule has 0 aliphatic heterocycles. The number of anilines is 1. The van der Waals surface area contributed by atoms with Crippen molar-refractivity contribution in [1.29, 1.82) is 0 Å². The third-order valence-electron chi connectivity index (χ3n) is 4.04. The first-order chi connectivity index (χ1) is 12.0. The average molecular weight is 335 g/mol. The van der Waals surface area contributed by atoms with Crippen LogP contribution in [0.3, 0.4) is 0 Å². The predicted octanol–water partition coefficient (Wildman–Crippen LogP) is 4.13. The van der Waals surface area contributed by atoms with Gasteiger partial charge in [-0.2, -0.15) is 0 Å². The van der Waals surface area contributed by atoms with Crippen LogP contribution >= 0.6 is 0 Å². The van der Waals surface area contributed by atoms with Gasteiger partial charge in [0.1, 0.15) is 5.75 Å². The minimum absolute atomic E-state index is 0.132. The second kappa shape index (κ2) is 6.65. The van der Waals surface area contributed by atoms with Crippen LogP contribution in [0, 0.1) is 0 Å². The lowest BCUT2D eigenvalue weighted by Crippen LogP contribution is -2.23. The zero-order valence-electron chi connectivity index (χ0n) is 13.6. The third kappa shape index (κ3) is 3.04. The molecule has 2 aromatic rings. The number of rotatable bonds is 6. The maximum atomic E-state index is 12.8. The maximum absolute atomic E-state index is 12.8. The van der Waals surface area contributed by atoms with Gasteiger partial charge in [-0.1, -0.05) is 18.2 Å². The van der Waals surface area contributed by atoms with Gasteiger partial charge in [0.05, 0.1) is 0 Å². The minimum Gasteiger partial charge on any atom is -0.449 e. The van der Waals surface area contributed by atoms with E-state index in [-0.39, 0.29) is 11.5 Å². The van der Waals surface area contributed by atoms with Crippen LogP contribution in [0.15, 0.2) is 61.7 Å². The first-order valence-electron chi connectivity index (χ1n) is 7.76. The molecule has 0 saturated carbocycles. The lowest BCUT2D eigenvalue weighted by atomic mass is 10.0. The first-order valence-corrected chi connectivity index (χ1v) is 7.76. The fourth-order valence-electron chi connectivity index (χ4n) is 3.00. The number of hydrogen-bond acceptors (Lipinski definition) is 4. The molecule has 0 unspecified atom stereocenters. The Labute approximate surface area is 145 Å². The molecule has 0 bridgehead atoms. The van der Waals surface area contributed by atoms with Crippen LogP contribution in [0.1, 0.15) is 15.9 Å². The Balaban J connectivity index is 2.00. The molecule has 0 atom stereocenters. The highest BCUT2D eigenvalue weighted by atomic mass is 16.7. The average Bonchev–Trinajstić information content (AvgIpc) is 2.86. The summed E-state index contributed by atoms with van der Waals surface area (Å²) in [5, 5.41) is 8.72. The van der Waals surface area contributed by atoms with Crippen molar-refractivity contribution in [2.24, 2.45) is 0 Å². The Bertz CT molecular complexity index is 875. The number of carboxylic acid groups (broad SMARTS) is 1. The van der Waals surface area contributed by atoms with Crippen LogP contribution in [-0.4, -0.2) is 30.1 Å². The molecule has 2 aromatic carbocycles. The van der Waals surface area contributed by atoms with Gasteiger partial charge >= 0.3 is 6.16 Å². The molecule has 126 valence electrons. The topological polar surface area (TPSA) is 66.8 Å². The molecular weight excluding hydrogens is 318 g/mol. The maximum Gasteiger partial charge on any atom is 0.511 e. The molecule has 1 N–H and O–H groups in total. The third-order valence-corrected chi connectivity index (χ3v) is 4.04. The number of nitrogens with zero attached hydrogens (tertiary/aromatic N) is 1. The van der Waals surface area contributed by atoms with Crippen LogP contribution in [0.2, 0.25) is 0 Å².